The van der Waals surface area contributed by atoms with E-state index in [0.29, 0.717) is 12.0 Å². The molecule has 126 valence electrons. The van der Waals surface area contributed by atoms with Crippen LogP contribution in [0.2, 0.25) is 0 Å². The Morgan fingerprint density at radius 2 is 2.22 bits per heavy atom. The molecule has 7 nitrogen and oxygen atoms in total. The van der Waals surface area contributed by atoms with Crippen LogP contribution in [0.3, 0.4) is 0 Å². The number of aromatic nitrogens is 5. The highest BCUT2D eigenvalue weighted by molar-refractivity contribution is 5.16. The molecule has 0 unspecified atom stereocenters. The second-order valence-corrected chi connectivity index (χ2v) is 6.64. The first-order chi connectivity index (χ1) is 11.1. The lowest BCUT2D eigenvalue weighted by molar-refractivity contribution is 0.213. The van der Waals surface area contributed by atoms with Crippen LogP contribution in [0.1, 0.15) is 49.9 Å². The summed E-state index contributed by atoms with van der Waals surface area (Å²) in [6, 6.07) is 0.357. The number of nitrogens with zero attached hydrogens (tertiary/aromatic N) is 5. The van der Waals surface area contributed by atoms with E-state index in [4.69, 9.17) is 0 Å². The molecule has 23 heavy (non-hydrogen) atoms. The van der Waals surface area contributed by atoms with Crippen molar-refractivity contribution in [1.82, 2.24) is 29.9 Å². The zero-order chi connectivity index (χ0) is 16.4. The molecule has 3 heterocycles. The average molecular weight is 318 g/mol. The Morgan fingerprint density at radius 3 is 2.83 bits per heavy atom. The molecule has 0 aromatic carbocycles. The minimum atomic E-state index is 0.199. The maximum Gasteiger partial charge on any atom is 0.150 e. The monoisotopic (exact) mass is 318 g/mol. The molecular weight excluding hydrogens is 292 g/mol. The van der Waals surface area contributed by atoms with Gasteiger partial charge in [-0.3, -0.25) is 14.7 Å². The molecule has 1 aliphatic rings. The van der Waals surface area contributed by atoms with Crippen LogP contribution in [0, 0.1) is 5.92 Å². The van der Waals surface area contributed by atoms with E-state index >= 15 is 0 Å². The van der Waals surface area contributed by atoms with Crippen molar-refractivity contribution in [2.75, 3.05) is 19.7 Å². The summed E-state index contributed by atoms with van der Waals surface area (Å²) in [5, 5.41) is 21.4. The third kappa shape index (κ3) is 3.45. The SMILES string of the molecule is CCc1n[nH]c(CN2C[C@@H](CO)[C@H](c3cnn(C(C)C)c3)C2)n1. The van der Waals surface area contributed by atoms with Gasteiger partial charge in [-0.15, -0.1) is 0 Å². The number of aliphatic hydroxyl groups is 1. The summed E-state index contributed by atoms with van der Waals surface area (Å²) in [5.41, 5.74) is 1.21. The van der Waals surface area contributed by atoms with E-state index in [2.05, 4.69) is 45.2 Å². The number of aryl methyl sites for hydroxylation is 1. The van der Waals surface area contributed by atoms with Gasteiger partial charge in [0.05, 0.1) is 12.7 Å². The molecule has 0 saturated carbocycles. The second-order valence-electron chi connectivity index (χ2n) is 6.64. The first kappa shape index (κ1) is 16.1. The molecule has 1 saturated heterocycles. The van der Waals surface area contributed by atoms with Crippen LogP contribution in [0.25, 0.3) is 0 Å². The number of aromatic amines is 1. The summed E-state index contributed by atoms with van der Waals surface area (Å²) < 4.78 is 1.98. The predicted molar refractivity (Wildman–Crippen MR) is 87.0 cm³/mol. The highest BCUT2D eigenvalue weighted by Crippen LogP contribution is 2.33. The van der Waals surface area contributed by atoms with Crippen LogP contribution in [0.4, 0.5) is 0 Å². The number of nitrogens with one attached hydrogen (secondary N) is 1. The number of likely N-dealkylation sites (tertiary alicyclic amines) is 1. The molecule has 3 rings (SSSR count). The Kier molecular flexibility index (Phi) is 4.77. The summed E-state index contributed by atoms with van der Waals surface area (Å²) in [5.74, 6) is 2.32. The average Bonchev–Trinajstić information content (AvgIpc) is 3.26. The van der Waals surface area contributed by atoms with Crippen molar-refractivity contribution in [2.45, 2.75) is 45.7 Å². The number of hydrogen-bond donors (Lipinski definition) is 2. The van der Waals surface area contributed by atoms with Gasteiger partial charge in [0.1, 0.15) is 11.6 Å². The van der Waals surface area contributed by atoms with E-state index in [-0.39, 0.29) is 12.5 Å². The van der Waals surface area contributed by atoms with Crippen molar-refractivity contribution < 1.29 is 5.11 Å². The zero-order valence-electron chi connectivity index (χ0n) is 14.1. The molecule has 1 aliphatic heterocycles. The van der Waals surface area contributed by atoms with Crippen molar-refractivity contribution in [2.24, 2.45) is 5.92 Å². The lowest BCUT2D eigenvalue weighted by Crippen LogP contribution is -2.21. The third-order valence-corrected chi connectivity index (χ3v) is 4.60. The molecule has 2 aromatic rings. The molecule has 2 aromatic heterocycles. The van der Waals surface area contributed by atoms with Crippen LogP contribution in [-0.4, -0.2) is 54.7 Å². The molecule has 0 spiro atoms. The number of rotatable bonds is 6. The van der Waals surface area contributed by atoms with Crippen LogP contribution < -0.4 is 0 Å². The highest BCUT2D eigenvalue weighted by Gasteiger charge is 2.34. The van der Waals surface area contributed by atoms with E-state index < -0.39 is 0 Å². The molecule has 0 amide bonds. The topological polar surface area (TPSA) is 82.9 Å². The number of aliphatic hydroxyl groups excluding tert-OH is 1. The number of H-pyrrole nitrogens is 1. The summed E-state index contributed by atoms with van der Waals surface area (Å²) in [4.78, 5) is 6.81. The Bertz CT molecular complexity index is 634. The third-order valence-electron chi connectivity index (χ3n) is 4.60. The first-order valence-corrected chi connectivity index (χ1v) is 8.38. The Morgan fingerprint density at radius 1 is 1.39 bits per heavy atom. The molecular formula is C16H26N6O. The molecule has 0 radical (unpaired) electrons. The summed E-state index contributed by atoms with van der Waals surface area (Å²) in [6.07, 6.45) is 4.90. The van der Waals surface area contributed by atoms with Gasteiger partial charge in [-0.1, -0.05) is 6.92 Å². The van der Waals surface area contributed by atoms with Gasteiger partial charge in [-0.25, -0.2) is 4.98 Å². The van der Waals surface area contributed by atoms with E-state index in [1.54, 1.807) is 0 Å². The fourth-order valence-corrected chi connectivity index (χ4v) is 3.25. The summed E-state index contributed by atoms with van der Waals surface area (Å²) >= 11 is 0. The van der Waals surface area contributed by atoms with Crippen molar-refractivity contribution in [3.8, 4) is 0 Å². The van der Waals surface area contributed by atoms with E-state index in [9.17, 15) is 5.11 Å². The zero-order valence-corrected chi connectivity index (χ0v) is 14.1. The number of hydrogen-bond acceptors (Lipinski definition) is 5. The van der Waals surface area contributed by atoms with Gasteiger partial charge in [-0.05, 0) is 19.4 Å². The smallest absolute Gasteiger partial charge is 0.150 e. The second kappa shape index (κ2) is 6.80. The van der Waals surface area contributed by atoms with E-state index in [1.807, 2.05) is 17.8 Å². The normalized spacial score (nSPS) is 22.3. The lowest BCUT2D eigenvalue weighted by atomic mass is 9.92. The fourth-order valence-electron chi connectivity index (χ4n) is 3.25. The van der Waals surface area contributed by atoms with Gasteiger partial charge in [0.25, 0.3) is 0 Å². The maximum atomic E-state index is 9.75. The predicted octanol–water partition coefficient (Wildman–Crippen LogP) is 1.35. The lowest BCUT2D eigenvalue weighted by Gasteiger charge is -2.14. The van der Waals surface area contributed by atoms with E-state index in [0.717, 1.165) is 37.7 Å². The fraction of sp³-hybridized carbons (Fsp3) is 0.688. The summed E-state index contributed by atoms with van der Waals surface area (Å²) in [7, 11) is 0. The van der Waals surface area contributed by atoms with Gasteiger partial charge in [-0.2, -0.15) is 10.2 Å². The van der Waals surface area contributed by atoms with E-state index in [1.165, 1.54) is 5.56 Å². The molecule has 0 bridgehead atoms. The molecule has 0 aliphatic carbocycles. The van der Waals surface area contributed by atoms with Gasteiger partial charge in [0.15, 0.2) is 0 Å². The molecule has 2 atom stereocenters. The van der Waals surface area contributed by atoms with Gasteiger partial charge in [0.2, 0.25) is 0 Å². The van der Waals surface area contributed by atoms with Crippen LogP contribution in [-0.2, 0) is 13.0 Å². The quantitative estimate of drug-likeness (QED) is 0.840. The van der Waals surface area contributed by atoms with Crippen LogP contribution >= 0.6 is 0 Å². The van der Waals surface area contributed by atoms with Gasteiger partial charge in [0, 0.05) is 50.2 Å². The Labute approximate surface area is 136 Å². The first-order valence-electron chi connectivity index (χ1n) is 8.38. The van der Waals surface area contributed by atoms with Crippen molar-refractivity contribution in [3.63, 3.8) is 0 Å². The Hall–Kier alpha value is -1.73. The van der Waals surface area contributed by atoms with Gasteiger partial charge < -0.3 is 5.11 Å². The van der Waals surface area contributed by atoms with Crippen molar-refractivity contribution in [1.29, 1.82) is 0 Å². The van der Waals surface area contributed by atoms with Crippen LogP contribution in [0.15, 0.2) is 12.4 Å². The Balaban J connectivity index is 1.69. The minimum Gasteiger partial charge on any atom is -0.396 e. The highest BCUT2D eigenvalue weighted by atomic mass is 16.3. The maximum absolute atomic E-state index is 9.75. The molecule has 2 N–H and O–H groups in total. The van der Waals surface area contributed by atoms with Gasteiger partial charge >= 0.3 is 0 Å². The molecule has 7 heteroatoms. The van der Waals surface area contributed by atoms with Crippen molar-refractivity contribution >= 4 is 0 Å². The molecule has 1 fully saturated rings. The standard InChI is InChI=1S/C16H26N6O/c1-4-15-18-16(20-19-15)9-21-6-13(10-23)14(8-21)12-5-17-22(7-12)11(2)3/h5,7,11,13-14,23H,4,6,8-10H2,1-3H3,(H,18,19,20)/t13-,14-/m0/s1. The summed E-state index contributed by atoms with van der Waals surface area (Å²) in [6.45, 7) is 9.02. The van der Waals surface area contributed by atoms with Crippen LogP contribution in [0.5, 0.6) is 0 Å². The minimum absolute atomic E-state index is 0.199. The van der Waals surface area contributed by atoms with Crippen molar-refractivity contribution in [3.05, 3.63) is 29.6 Å². The largest absolute Gasteiger partial charge is 0.396 e.